The molecule has 0 atom stereocenters. The Balaban J connectivity index is 1.65. The van der Waals surface area contributed by atoms with Gasteiger partial charge in [-0.05, 0) is 50.7 Å². The quantitative estimate of drug-likeness (QED) is 0.488. The van der Waals surface area contributed by atoms with Gasteiger partial charge in [-0.15, -0.1) is 0 Å². The number of ether oxygens (including phenoxy) is 1. The standard InChI is InChI=1S/C21H24BrN3O/c1-23-12-4-2-3-5-13-26-18-10-11-19-20(14-18)24-15-25-21(19)16-6-8-17(22)9-7-16/h6-11,14-15,23H,2-5,12-13H2,1H3. The van der Waals surface area contributed by atoms with Crippen LogP contribution >= 0.6 is 15.9 Å². The molecule has 0 amide bonds. The van der Waals surface area contributed by atoms with E-state index in [1.54, 1.807) is 6.33 Å². The van der Waals surface area contributed by atoms with Crippen LogP contribution in [0.25, 0.3) is 22.2 Å². The van der Waals surface area contributed by atoms with Crippen LogP contribution in [-0.2, 0) is 0 Å². The lowest BCUT2D eigenvalue weighted by molar-refractivity contribution is 0.305. The van der Waals surface area contributed by atoms with Crippen LogP contribution in [0.1, 0.15) is 25.7 Å². The van der Waals surface area contributed by atoms with Crippen molar-refractivity contribution in [3.63, 3.8) is 0 Å². The molecule has 3 rings (SSSR count). The molecule has 0 unspecified atom stereocenters. The number of fused-ring (bicyclic) bond motifs is 1. The summed E-state index contributed by atoms with van der Waals surface area (Å²) in [4.78, 5) is 8.89. The van der Waals surface area contributed by atoms with Crippen molar-refractivity contribution in [2.75, 3.05) is 20.2 Å². The van der Waals surface area contributed by atoms with Crippen LogP contribution in [0.2, 0.25) is 0 Å². The van der Waals surface area contributed by atoms with Crippen molar-refractivity contribution >= 4 is 26.8 Å². The van der Waals surface area contributed by atoms with E-state index < -0.39 is 0 Å². The zero-order valence-electron chi connectivity index (χ0n) is 15.0. The van der Waals surface area contributed by atoms with E-state index in [4.69, 9.17) is 4.74 Å². The van der Waals surface area contributed by atoms with Crippen molar-refractivity contribution in [1.82, 2.24) is 15.3 Å². The van der Waals surface area contributed by atoms with Crippen molar-refractivity contribution in [3.05, 3.63) is 53.3 Å². The maximum absolute atomic E-state index is 5.90. The molecule has 1 heterocycles. The van der Waals surface area contributed by atoms with Gasteiger partial charge in [0.05, 0.1) is 17.8 Å². The summed E-state index contributed by atoms with van der Waals surface area (Å²) in [7, 11) is 1.99. The number of benzene rings is 2. The highest BCUT2D eigenvalue weighted by Crippen LogP contribution is 2.28. The molecule has 0 aliphatic heterocycles. The van der Waals surface area contributed by atoms with E-state index >= 15 is 0 Å². The monoisotopic (exact) mass is 413 g/mol. The molecule has 3 aromatic rings. The predicted molar refractivity (Wildman–Crippen MR) is 111 cm³/mol. The first-order valence-corrected chi connectivity index (χ1v) is 9.85. The summed E-state index contributed by atoms with van der Waals surface area (Å²) in [5.74, 6) is 0.869. The molecule has 0 aliphatic carbocycles. The molecule has 0 saturated carbocycles. The lowest BCUT2D eigenvalue weighted by atomic mass is 10.1. The molecule has 1 aromatic heterocycles. The summed E-state index contributed by atoms with van der Waals surface area (Å²) in [5, 5.41) is 4.21. The molecule has 0 radical (unpaired) electrons. The average molecular weight is 414 g/mol. The van der Waals surface area contributed by atoms with Gasteiger partial charge in [-0.2, -0.15) is 0 Å². The topological polar surface area (TPSA) is 47.0 Å². The zero-order chi connectivity index (χ0) is 18.2. The third kappa shape index (κ3) is 5.02. The maximum Gasteiger partial charge on any atom is 0.121 e. The second-order valence-electron chi connectivity index (χ2n) is 6.27. The van der Waals surface area contributed by atoms with Crippen LogP contribution in [0.3, 0.4) is 0 Å². The van der Waals surface area contributed by atoms with Crippen molar-refractivity contribution in [3.8, 4) is 17.0 Å². The van der Waals surface area contributed by atoms with Crippen LogP contribution in [0, 0.1) is 0 Å². The van der Waals surface area contributed by atoms with Gasteiger partial charge in [-0.1, -0.05) is 40.9 Å². The van der Waals surface area contributed by atoms with Crippen LogP contribution in [0.15, 0.2) is 53.3 Å². The van der Waals surface area contributed by atoms with Gasteiger partial charge in [-0.25, -0.2) is 9.97 Å². The minimum atomic E-state index is 0.746. The van der Waals surface area contributed by atoms with E-state index in [-0.39, 0.29) is 0 Å². The number of nitrogens with zero attached hydrogens (tertiary/aromatic N) is 2. The summed E-state index contributed by atoms with van der Waals surface area (Å²) < 4.78 is 6.96. The zero-order valence-corrected chi connectivity index (χ0v) is 16.6. The molecule has 5 heteroatoms. The van der Waals surface area contributed by atoms with Crippen LogP contribution in [0.4, 0.5) is 0 Å². The van der Waals surface area contributed by atoms with E-state index in [1.165, 1.54) is 19.3 Å². The van der Waals surface area contributed by atoms with Gasteiger partial charge in [-0.3, -0.25) is 0 Å². The molecule has 0 saturated heterocycles. The molecule has 4 nitrogen and oxygen atoms in total. The third-order valence-electron chi connectivity index (χ3n) is 4.32. The average Bonchev–Trinajstić information content (AvgIpc) is 2.67. The summed E-state index contributed by atoms with van der Waals surface area (Å²) in [6.45, 7) is 1.83. The Morgan fingerprint density at radius 1 is 0.962 bits per heavy atom. The van der Waals surface area contributed by atoms with Gasteiger partial charge in [0.1, 0.15) is 12.1 Å². The van der Waals surface area contributed by atoms with Crippen molar-refractivity contribution in [1.29, 1.82) is 0 Å². The fourth-order valence-corrected chi connectivity index (χ4v) is 3.18. The van der Waals surface area contributed by atoms with E-state index in [0.29, 0.717) is 0 Å². The molecule has 0 aliphatic rings. The molecule has 0 fully saturated rings. The predicted octanol–water partition coefficient (Wildman–Crippen LogP) is 5.22. The SMILES string of the molecule is CNCCCCCCOc1ccc2c(-c3ccc(Br)cc3)ncnc2c1. The minimum Gasteiger partial charge on any atom is -0.494 e. The van der Waals surface area contributed by atoms with Crippen molar-refractivity contribution in [2.24, 2.45) is 0 Å². The molecule has 136 valence electrons. The van der Waals surface area contributed by atoms with Crippen LogP contribution in [-0.4, -0.2) is 30.2 Å². The Morgan fingerprint density at radius 3 is 2.58 bits per heavy atom. The van der Waals surface area contributed by atoms with E-state index in [0.717, 1.165) is 52.0 Å². The largest absolute Gasteiger partial charge is 0.494 e. The Morgan fingerprint density at radius 2 is 1.77 bits per heavy atom. The summed E-state index contributed by atoms with van der Waals surface area (Å²) in [6.07, 6.45) is 6.36. The molecule has 0 bridgehead atoms. The molecule has 2 aromatic carbocycles. The molecule has 0 spiro atoms. The van der Waals surface area contributed by atoms with Gasteiger partial charge in [0.25, 0.3) is 0 Å². The second kappa shape index (κ2) is 9.64. The Labute approximate surface area is 163 Å². The number of halogens is 1. The summed E-state index contributed by atoms with van der Waals surface area (Å²) in [5.41, 5.74) is 2.93. The number of hydrogen-bond donors (Lipinski definition) is 1. The van der Waals surface area contributed by atoms with Gasteiger partial charge in [0.2, 0.25) is 0 Å². The number of unbranched alkanes of at least 4 members (excludes halogenated alkanes) is 3. The number of hydrogen-bond acceptors (Lipinski definition) is 4. The third-order valence-corrected chi connectivity index (χ3v) is 4.84. The lowest BCUT2D eigenvalue weighted by Gasteiger charge is -2.09. The summed E-state index contributed by atoms with van der Waals surface area (Å²) >= 11 is 3.47. The number of rotatable bonds is 9. The van der Waals surface area contributed by atoms with Gasteiger partial charge >= 0.3 is 0 Å². The first kappa shape index (κ1) is 18.8. The summed E-state index contributed by atoms with van der Waals surface area (Å²) in [6, 6.07) is 14.2. The van der Waals surface area contributed by atoms with Gasteiger partial charge in [0.15, 0.2) is 0 Å². The molecule has 26 heavy (non-hydrogen) atoms. The molecular weight excluding hydrogens is 390 g/mol. The van der Waals surface area contributed by atoms with E-state index in [2.05, 4.69) is 49.4 Å². The fraction of sp³-hybridized carbons (Fsp3) is 0.333. The van der Waals surface area contributed by atoms with Crippen molar-refractivity contribution < 1.29 is 4.74 Å². The second-order valence-corrected chi connectivity index (χ2v) is 7.19. The van der Waals surface area contributed by atoms with Crippen LogP contribution < -0.4 is 10.1 Å². The first-order valence-electron chi connectivity index (χ1n) is 9.06. The first-order chi connectivity index (χ1) is 12.8. The number of aromatic nitrogens is 2. The van der Waals surface area contributed by atoms with Crippen molar-refractivity contribution in [2.45, 2.75) is 25.7 Å². The van der Waals surface area contributed by atoms with E-state index in [9.17, 15) is 0 Å². The molecule has 1 N–H and O–H groups in total. The van der Waals surface area contributed by atoms with E-state index in [1.807, 2.05) is 31.3 Å². The Hall–Kier alpha value is -1.98. The highest BCUT2D eigenvalue weighted by Gasteiger charge is 2.07. The Bertz CT molecular complexity index is 836. The highest BCUT2D eigenvalue weighted by molar-refractivity contribution is 9.10. The highest BCUT2D eigenvalue weighted by atomic mass is 79.9. The smallest absolute Gasteiger partial charge is 0.121 e. The fourth-order valence-electron chi connectivity index (χ4n) is 2.91. The van der Waals surface area contributed by atoms with Crippen LogP contribution in [0.5, 0.6) is 5.75 Å². The Kier molecular flexibility index (Phi) is 6.97. The normalized spacial score (nSPS) is 11.0. The minimum absolute atomic E-state index is 0.746. The van der Waals surface area contributed by atoms with Gasteiger partial charge < -0.3 is 10.1 Å². The number of nitrogens with one attached hydrogen (secondary N) is 1. The lowest BCUT2D eigenvalue weighted by Crippen LogP contribution is -2.07. The maximum atomic E-state index is 5.90. The molecular formula is C21H24BrN3O. The van der Waals surface area contributed by atoms with Gasteiger partial charge in [0, 0.05) is 21.5 Å².